The zero-order valence-corrected chi connectivity index (χ0v) is 62.8. The molecule has 0 saturated heterocycles. The number of aromatic nitrogens is 14. The molecule has 9 heterocycles. The largest absolute Gasteiger partial charge is 0.348 e. The Morgan fingerprint density at radius 2 is 0.657 bits per heavy atom. The summed E-state index contributed by atoms with van der Waals surface area (Å²) in [7, 11) is 3.98. The molecule has 108 heavy (non-hydrogen) atoms. The van der Waals surface area contributed by atoms with Crippen LogP contribution in [0.2, 0.25) is 0 Å². The van der Waals surface area contributed by atoms with Crippen LogP contribution in [0.5, 0.6) is 0 Å². The summed E-state index contributed by atoms with van der Waals surface area (Å²) < 4.78 is 6.50. The molecule has 12 bridgehead atoms. The molecule has 9 aromatic carbocycles. The minimum absolute atomic E-state index is 0. The number of hydrogen-bond donors (Lipinski definition) is 0. The van der Waals surface area contributed by atoms with Crippen molar-refractivity contribution in [3.63, 3.8) is 0 Å². The van der Waals surface area contributed by atoms with Gasteiger partial charge in [-0.25, -0.2) is 29.9 Å². The van der Waals surface area contributed by atoms with Crippen molar-refractivity contribution < 1.29 is 37.2 Å². The van der Waals surface area contributed by atoms with Crippen molar-refractivity contribution in [1.29, 1.82) is 0 Å². The zero-order valence-electron chi connectivity index (χ0n) is 59.5. The minimum atomic E-state index is 0. The first-order valence-electron chi connectivity index (χ1n) is 36.4. The molecule has 0 spiro atoms. The van der Waals surface area contributed by atoms with Crippen LogP contribution in [0.1, 0.15) is 44.0 Å². The van der Waals surface area contributed by atoms with E-state index in [1.807, 2.05) is 139 Å². The van der Waals surface area contributed by atoms with Crippen LogP contribution in [0, 0.1) is 36.7 Å². The minimum Gasteiger partial charge on any atom is -0.348 e. The molecule has 4 saturated carbocycles. The molecule has 2 radical (unpaired) electrons. The molecule has 530 valence electrons. The van der Waals surface area contributed by atoms with Gasteiger partial charge >= 0.3 is 0 Å². The predicted octanol–water partition coefficient (Wildman–Crippen LogP) is 20.8. The smallest absolute Gasteiger partial charge is 0.164 e. The number of hydrogen-bond acceptors (Lipinski definition) is 11. The first-order valence-corrected chi connectivity index (χ1v) is 36.4. The van der Waals surface area contributed by atoms with E-state index in [-0.39, 0.29) is 37.2 Å². The van der Waals surface area contributed by atoms with Crippen molar-refractivity contribution in [2.75, 3.05) is 0 Å². The molecule has 0 atom stereocenters. The third kappa shape index (κ3) is 12.9. The van der Waals surface area contributed by atoms with Crippen molar-refractivity contribution in [2.45, 2.75) is 45.1 Å². The molecule has 22 rings (SSSR count). The average Bonchev–Trinajstić information content (AvgIpc) is 1.29. The van der Waals surface area contributed by atoms with Crippen LogP contribution in [0.25, 0.3) is 168 Å². The summed E-state index contributed by atoms with van der Waals surface area (Å²) >= 11 is 0. The summed E-state index contributed by atoms with van der Waals surface area (Å²) in [5.41, 5.74) is 21.7. The fraction of sp³-hybridized carbons (Fsp3) is 0.141. The summed E-state index contributed by atoms with van der Waals surface area (Å²) in [5.74, 6) is 8.27. The van der Waals surface area contributed by atoms with Gasteiger partial charge in [0.15, 0.2) is 23.3 Å². The van der Waals surface area contributed by atoms with Crippen LogP contribution in [0.3, 0.4) is 0 Å². The molecule has 6 aliphatic rings. The summed E-state index contributed by atoms with van der Waals surface area (Å²) in [6, 6.07) is 89.9. The van der Waals surface area contributed by atoms with Gasteiger partial charge in [-0.05, 0) is 167 Å². The van der Waals surface area contributed by atoms with Gasteiger partial charge in [0.25, 0.3) is 0 Å². The van der Waals surface area contributed by atoms with E-state index in [1.54, 1.807) is 0 Å². The molecular formula is C92H71CuIrN14-. The second kappa shape index (κ2) is 29.4. The van der Waals surface area contributed by atoms with Crippen LogP contribution in [0.4, 0.5) is 0 Å². The predicted molar refractivity (Wildman–Crippen MR) is 423 cm³/mol. The molecule has 0 amide bonds. The van der Waals surface area contributed by atoms with Gasteiger partial charge in [-0.3, -0.25) is 15.0 Å². The summed E-state index contributed by atoms with van der Waals surface area (Å²) in [6.45, 7) is 2.12. The van der Waals surface area contributed by atoms with Gasteiger partial charge in [0, 0.05) is 155 Å². The SMILES string of the molecule is Cc1nnc(-c2[c-]cccc2)n1C1C2CC3CC(C2)CC1C3.Cn1c2nc3nc(nc4c5ccccc5c(nc5nc(nc1c1ccccc12)-c1ccccc1-5)n4C)-c1ccccc1-3.[Cu].[Ir].c1cncc(-c2cccc(-c3cc(-c4cccc(-c5cccnc5)c4)cc(-c4cccc(-c5cccnc5)c4)c3)c2)c1. The average molecular weight is 1630 g/mol. The van der Waals surface area contributed by atoms with E-state index >= 15 is 0 Å². The Hall–Kier alpha value is -11.9. The van der Waals surface area contributed by atoms with Crippen LogP contribution < -0.4 is 0 Å². The molecule has 16 heteroatoms. The van der Waals surface area contributed by atoms with Gasteiger partial charge in [-0.15, -0.1) is 41.0 Å². The van der Waals surface area contributed by atoms with Gasteiger partial charge < -0.3 is 13.7 Å². The molecule has 0 unspecified atom stereocenters. The number of aryl methyl sites for hydroxylation is 3. The number of rotatable bonds is 8. The molecule has 7 aromatic heterocycles. The summed E-state index contributed by atoms with van der Waals surface area (Å²) in [5, 5.41) is 12.9. The first-order chi connectivity index (χ1) is 52.2. The van der Waals surface area contributed by atoms with E-state index in [0.717, 1.165) is 174 Å². The van der Waals surface area contributed by atoms with Crippen molar-refractivity contribution >= 4 is 44.1 Å². The zero-order chi connectivity index (χ0) is 70.8. The van der Waals surface area contributed by atoms with Crippen molar-refractivity contribution in [1.82, 2.24) is 68.8 Å². The maximum Gasteiger partial charge on any atom is 0.164 e. The van der Waals surface area contributed by atoms with Gasteiger partial charge in [0.05, 0.1) is 5.82 Å². The number of fused-ring (bicyclic) bond motifs is 20. The van der Waals surface area contributed by atoms with E-state index in [4.69, 9.17) is 29.9 Å². The van der Waals surface area contributed by atoms with Crippen molar-refractivity contribution in [3.05, 3.63) is 298 Å². The van der Waals surface area contributed by atoms with Crippen LogP contribution in [-0.2, 0) is 51.3 Å². The van der Waals surface area contributed by atoms with E-state index in [2.05, 4.69) is 213 Å². The second-order valence-electron chi connectivity index (χ2n) is 28.5. The number of nitrogens with zero attached hydrogens (tertiary/aromatic N) is 14. The third-order valence-electron chi connectivity index (χ3n) is 22.0. The molecule has 14 nitrogen and oxygen atoms in total. The monoisotopic (exact) mass is 1630 g/mol. The Bertz CT molecular complexity index is 5640. The van der Waals surface area contributed by atoms with Gasteiger partial charge in [0.2, 0.25) is 0 Å². The van der Waals surface area contributed by atoms with Crippen molar-refractivity contribution in [2.24, 2.45) is 37.8 Å². The van der Waals surface area contributed by atoms with Crippen LogP contribution in [0.15, 0.2) is 286 Å². The maximum absolute atomic E-state index is 5.16. The Kier molecular flexibility index (Phi) is 18.9. The topological polar surface area (TPSA) is 157 Å². The Balaban J connectivity index is 0.000000123. The number of pyridine rings is 3. The fourth-order valence-electron chi connectivity index (χ4n) is 17.3. The molecular weight excluding hydrogens is 1560 g/mol. The first kappa shape index (κ1) is 69.2. The van der Waals surface area contributed by atoms with Gasteiger partial charge in [-0.1, -0.05) is 170 Å². The van der Waals surface area contributed by atoms with E-state index < -0.39 is 0 Å². The van der Waals surface area contributed by atoms with Crippen LogP contribution >= 0.6 is 0 Å². The van der Waals surface area contributed by atoms with E-state index in [1.165, 1.54) is 32.1 Å². The molecule has 4 aliphatic carbocycles. The van der Waals surface area contributed by atoms with Gasteiger partial charge in [0.1, 0.15) is 28.4 Å². The fourth-order valence-corrected chi connectivity index (χ4v) is 17.3. The number of benzene rings is 9. The molecule has 4 fully saturated rings. The van der Waals surface area contributed by atoms with E-state index in [0.29, 0.717) is 29.3 Å². The normalized spacial score (nSPS) is 16.2. The summed E-state index contributed by atoms with van der Waals surface area (Å²) in [4.78, 5) is 43.6. The Morgan fingerprint density at radius 3 is 0.991 bits per heavy atom. The standard InChI is InChI=1S/C39H27N3.C34H22N8.C19H22N3.Cu.Ir/c1-7-28(34-13-4-16-40-25-34)19-31(10-1)37-22-38(32-11-2-8-29(20-32)35-14-5-17-41-26-35)24-39(23-37)33-12-3-9-30(21-33)36-15-6-18-42-27-36;1-41-31-23-15-7-8-16-24(23)32(41)38-28-20-12-4-6-14-22(20)30(36-28)40-34-26-18-10-9-17-25(26)33(42(34)2)39-29-21-13-5-3-11-19(21)27(35-29)37-31;1-12-20-21-19(15-5-3-2-4-6-15)22(12)18-16-8-13-7-14(10-16)11-17(18)9-13;;/h1-27H;3-18H,1-2H3;2-5,13-14,16-18H,7-11H2,1H3;;/q;;-1;;. The maximum atomic E-state index is 5.16. The third-order valence-corrected chi connectivity index (χ3v) is 22.0. The Labute approximate surface area is 649 Å². The Morgan fingerprint density at radius 1 is 0.333 bits per heavy atom. The molecule has 2 aliphatic heterocycles. The second-order valence-corrected chi connectivity index (χ2v) is 28.5. The van der Waals surface area contributed by atoms with E-state index in [9.17, 15) is 0 Å². The van der Waals surface area contributed by atoms with Crippen LogP contribution in [-0.4, -0.2) is 68.8 Å². The van der Waals surface area contributed by atoms with Gasteiger partial charge in [-0.2, -0.15) is 5.10 Å². The summed E-state index contributed by atoms with van der Waals surface area (Å²) in [6.07, 6.45) is 18.4. The molecule has 0 N–H and O–H groups in total. The van der Waals surface area contributed by atoms with Crippen molar-refractivity contribution in [3.8, 4) is 124 Å². The quantitative estimate of drug-likeness (QED) is 0.105. The molecule has 16 aromatic rings.